The number of carbonyl (C=O) groups excluding carboxylic acids is 2. The van der Waals surface area contributed by atoms with Crippen LogP contribution in [0.15, 0.2) is 53.1 Å². The number of hydrogen-bond donors (Lipinski definition) is 3. The number of alkyl carbamates (subject to hydrolysis) is 1. The van der Waals surface area contributed by atoms with Gasteiger partial charge in [0.1, 0.15) is 6.04 Å². The molecule has 0 radical (unpaired) electrons. The second-order valence-electron chi connectivity index (χ2n) is 7.37. The summed E-state index contributed by atoms with van der Waals surface area (Å²) < 4.78 is 5.88. The maximum Gasteiger partial charge on any atom is 0.407 e. The number of para-hydroxylation sites is 1. The average molecular weight is 493 g/mol. The molecule has 158 valence electrons. The maximum absolute atomic E-state index is 13.0. The number of amides is 2. The fourth-order valence-corrected chi connectivity index (χ4v) is 3.46. The molecular weight excluding hydrogens is 470 g/mol. The van der Waals surface area contributed by atoms with Crippen molar-refractivity contribution in [3.05, 3.63) is 63.7 Å². The lowest BCUT2D eigenvalue weighted by Crippen LogP contribution is -2.45. The smallest absolute Gasteiger partial charge is 0.407 e. The number of nitrogens with one attached hydrogen (secondary N) is 3. The van der Waals surface area contributed by atoms with Gasteiger partial charge < -0.3 is 20.4 Å². The number of fused-ring (bicyclic) bond motifs is 1. The molecular formula is C22H23BrClN3O3. The Morgan fingerprint density at radius 2 is 1.97 bits per heavy atom. The van der Waals surface area contributed by atoms with Crippen molar-refractivity contribution < 1.29 is 14.3 Å². The van der Waals surface area contributed by atoms with E-state index in [2.05, 4.69) is 31.5 Å². The molecule has 0 saturated carbocycles. The fraction of sp³-hybridized carbons (Fsp3) is 0.273. The van der Waals surface area contributed by atoms with Crippen LogP contribution in [-0.2, 0) is 16.0 Å². The highest BCUT2D eigenvalue weighted by Gasteiger charge is 2.24. The third-order valence-corrected chi connectivity index (χ3v) is 5.66. The fourth-order valence-electron chi connectivity index (χ4n) is 2.96. The van der Waals surface area contributed by atoms with Gasteiger partial charge in [0, 0.05) is 33.7 Å². The highest BCUT2D eigenvalue weighted by atomic mass is 79.9. The molecule has 0 unspecified atom stereocenters. The molecule has 0 fully saturated rings. The molecule has 0 saturated heterocycles. The van der Waals surface area contributed by atoms with Gasteiger partial charge in [0.05, 0.1) is 11.6 Å². The molecule has 6 nitrogen and oxygen atoms in total. The number of halogens is 2. The van der Waals surface area contributed by atoms with E-state index in [1.165, 1.54) is 0 Å². The molecule has 1 heterocycles. The topological polar surface area (TPSA) is 83.2 Å². The van der Waals surface area contributed by atoms with E-state index in [-0.39, 0.29) is 18.4 Å². The Balaban J connectivity index is 1.79. The summed E-state index contributed by atoms with van der Waals surface area (Å²) in [5.41, 5.74) is 2.46. The van der Waals surface area contributed by atoms with Crippen LogP contribution in [0.25, 0.3) is 10.9 Å². The van der Waals surface area contributed by atoms with Gasteiger partial charge in [0.25, 0.3) is 0 Å². The SMILES string of the molecule is CC(C)COC(=O)N[C@@H](Cc1c[nH]c2ccccc12)C(=O)Nc1ccc(Cl)c(Br)c1. The molecule has 0 bridgehead atoms. The number of aromatic nitrogens is 1. The Hall–Kier alpha value is -2.51. The van der Waals surface area contributed by atoms with E-state index in [9.17, 15) is 9.59 Å². The van der Waals surface area contributed by atoms with Gasteiger partial charge in [-0.25, -0.2) is 4.79 Å². The van der Waals surface area contributed by atoms with Gasteiger partial charge in [-0.1, -0.05) is 43.6 Å². The van der Waals surface area contributed by atoms with Crippen molar-refractivity contribution in [2.24, 2.45) is 5.92 Å². The van der Waals surface area contributed by atoms with E-state index < -0.39 is 12.1 Å². The normalized spacial score (nSPS) is 12.0. The molecule has 0 spiro atoms. The Morgan fingerprint density at radius 1 is 1.20 bits per heavy atom. The summed E-state index contributed by atoms with van der Waals surface area (Å²) in [5, 5.41) is 7.07. The Kier molecular flexibility index (Phi) is 7.39. The average Bonchev–Trinajstić information content (AvgIpc) is 3.11. The predicted molar refractivity (Wildman–Crippen MR) is 123 cm³/mol. The van der Waals surface area contributed by atoms with Crippen LogP contribution in [0.5, 0.6) is 0 Å². The lowest BCUT2D eigenvalue weighted by Gasteiger charge is -2.19. The summed E-state index contributed by atoms with van der Waals surface area (Å²) in [5.74, 6) is -0.154. The first-order valence-electron chi connectivity index (χ1n) is 9.57. The van der Waals surface area contributed by atoms with Crippen LogP contribution in [0, 0.1) is 5.92 Å². The summed E-state index contributed by atoms with van der Waals surface area (Å²) in [6.07, 6.45) is 1.53. The second kappa shape index (κ2) is 10.00. The molecule has 8 heteroatoms. The summed E-state index contributed by atoms with van der Waals surface area (Å²) in [6, 6.07) is 12.1. The van der Waals surface area contributed by atoms with Crippen LogP contribution < -0.4 is 10.6 Å². The highest BCUT2D eigenvalue weighted by molar-refractivity contribution is 9.10. The molecule has 30 heavy (non-hydrogen) atoms. The molecule has 3 N–H and O–H groups in total. The molecule has 0 aliphatic heterocycles. The highest BCUT2D eigenvalue weighted by Crippen LogP contribution is 2.26. The molecule has 0 aliphatic carbocycles. The summed E-state index contributed by atoms with van der Waals surface area (Å²) in [4.78, 5) is 28.5. The number of hydrogen-bond acceptors (Lipinski definition) is 3. The van der Waals surface area contributed by atoms with Gasteiger partial charge in [-0.3, -0.25) is 4.79 Å². The van der Waals surface area contributed by atoms with Gasteiger partial charge >= 0.3 is 6.09 Å². The first kappa shape index (κ1) is 22.2. The number of rotatable bonds is 7. The summed E-state index contributed by atoms with van der Waals surface area (Å²) >= 11 is 9.37. The van der Waals surface area contributed by atoms with E-state index in [0.29, 0.717) is 21.6 Å². The zero-order valence-corrected chi connectivity index (χ0v) is 19.0. The van der Waals surface area contributed by atoms with Crippen LogP contribution in [0.3, 0.4) is 0 Å². The van der Waals surface area contributed by atoms with E-state index in [4.69, 9.17) is 16.3 Å². The number of anilines is 1. The first-order valence-corrected chi connectivity index (χ1v) is 10.7. The van der Waals surface area contributed by atoms with Gasteiger partial charge in [-0.2, -0.15) is 0 Å². The van der Waals surface area contributed by atoms with Crippen LogP contribution in [0.2, 0.25) is 5.02 Å². The minimum atomic E-state index is -0.821. The minimum Gasteiger partial charge on any atom is -0.449 e. The Morgan fingerprint density at radius 3 is 2.70 bits per heavy atom. The third-order valence-electron chi connectivity index (χ3n) is 4.44. The van der Waals surface area contributed by atoms with Crippen LogP contribution in [0.4, 0.5) is 10.5 Å². The molecule has 2 amide bonds. The van der Waals surface area contributed by atoms with E-state index in [1.807, 2.05) is 44.3 Å². The van der Waals surface area contributed by atoms with Crippen LogP contribution in [0.1, 0.15) is 19.4 Å². The minimum absolute atomic E-state index is 0.197. The van der Waals surface area contributed by atoms with Crippen molar-refractivity contribution >= 4 is 56.1 Å². The van der Waals surface area contributed by atoms with Crippen molar-refractivity contribution in [3.8, 4) is 0 Å². The molecule has 3 aromatic rings. The van der Waals surface area contributed by atoms with Gasteiger partial charge in [0.2, 0.25) is 5.91 Å². The monoisotopic (exact) mass is 491 g/mol. The first-order chi connectivity index (χ1) is 14.3. The number of aromatic amines is 1. The van der Waals surface area contributed by atoms with E-state index >= 15 is 0 Å². The number of carbonyl (C=O) groups is 2. The quantitative estimate of drug-likeness (QED) is 0.406. The van der Waals surface area contributed by atoms with Crippen molar-refractivity contribution in [2.75, 3.05) is 11.9 Å². The van der Waals surface area contributed by atoms with Gasteiger partial charge in [-0.15, -0.1) is 0 Å². The molecule has 2 aromatic carbocycles. The predicted octanol–water partition coefficient (Wildman–Crippen LogP) is 5.52. The molecule has 1 aromatic heterocycles. The van der Waals surface area contributed by atoms with Crippen molar-refractivity contribution in [1.82, 2.24) is 10.3 Å². The van der Waals surface area contributed by atoms with Crippen LogP contribution >= 0.6 is 27.5 Å². The van der Waals surface area contributed by atoms with E-state index in [0.717, 1.165) is 16.5 Å². The third kappa shape index (κ3) is 5.77. The summed E-state index contributed by atoms with van der Waals surface area (Å²) in [7, 11) is 0. The number of H-pyrrole nitrogens is 1. The molecule has 0 aliphatic rings. The Labute approximate surface area is 188 Å². The van der Waals surface area contributed by atoms with E-state index in [1.54, 1.807) is 18.2 Å². The maximum atomic E-state index is 13.0. The van der Waals surface area contributed by atoms with Crippen molar-refractivity contribution in [2.45, 2.75) is 26.3 Å². The van der Waals surface area contributed by atoms with Crippen molar-refractivity contribution in [3.63, 3.8) is 0 Å². The molecule has 3 rings (SSSR count). The lowest BCUT2D eigenvalue weighted by atomic mass is 10.0. The number of benzene rings is 2. The van der Waals surface area contributed by atoms with Crippen molar-refractivity contribution in [1.29, 1.82) is 0 Å². The van der Waals surface area contributed by atoms with Gasteiger partial charge in [0.15, 0.2) is 0 Å². The Bertz CT molecular complexity index is 1050. The van der Waals surface area contributed by atoms with Gasteiger partial charge in [-0.05, 0) is 51.7 Å². The standard InChI is InChI=1S/C22H23BrClN3O3/c1-13(2)12-30-22(29)27-20(9-14-11-25-19-6-4-3-5-16(14)19)21(28)26-15-7-8-18(24)17(23)10-15/h3-8,10-11,13,20,25H,9,12H2,1-2H3,(H,26,28)(H,27,29)/t20-/m0/s1. The lowest BCUT2D eigenvalue weighted by molar-refractivity contribution is -0.118. The van der Waals surface area contributed by atoms with Crippen LogP contribution in [-0.4, -0.2) is 29.6 Å². The summed E-state index contributed by atoms with van der Waals surface area (Å²) in [6.45, 7) is 4.17. The zero-order chi connectivity index (χ0) is 21.7. The second-order valence-corrected chi connectivity index (χ2v) is 8.63. The zero-order valence-electron chi connectivity index (χ0n) is 16.7. The molecule has 1 atom stereocenters. The largest absolute Gasteiger partial charge is 0.449 e. The number of ether oxygens (including phenoxy) is 1.